The van der Waals surface area contributed by atoms with Crippen molar-refractivity contribution in [1.29, 1.82) is 0 Å². The van der Waals surface area contributed by atoms with E-state index in [1.54, 1.807) is 18.9 Å². The number of carbonyl (C=O) groups excluding carboxylic acids is 1. The van der Waals surface area contributed by atoms with Crippen LogP contribution in [0, 0.1) is 5.41 Å². The van der Waals surface area contributed by atoms with Crippen LogP contribution >= 0.6 is 28.7 Å². The highest BCUT2D eigenvalue weighted by atomic mass is 79.9. The van der Waals surface area contributed by atoms with Crippen LogP contribution in [0.2, 0.25) is 0 Å². The molecule has 9 heteroatoms. The van der Waals surface area contributed by atoms with Crippen molar-refractivity contribution in [2.75, 3.05) is 25.6 Å². The molecule has 0 radical (unpaired) electrons. The summed E-state index contributed by atoms with van der Waals surface area (Å²) in [5, 5.41) is 4.39. The van der Waals surface area contributed by atoms with Crippen LogP contribution in [0.15, 0.2) is 26.9 Å². The Kier molecular flexibility index (Phi) is 9.15. The number of methoxy groups -OCH3 is 1. The largest absolute Gasteiger partial charge is 0.479 e. The van der Waals surface area contributed by atoms with E-state index < -0.39 is 0 Å². The van der Waals surface area contributed by atoms with E-state index in [0.29, 0.717) is 18.9 Å². The number of aromatic nitrogens is 2. The summed E-state index contributed by atoms with van der Waals surface area (Å²) in [6, 6.07) is 0. The Morgan fingerprint density at radius 3 is 2.80 bits per heavy atom. The van der Waals surface area contributed by atoms with E-state index >= 15 is 0 Å². The normalized spacial score (nSPS) is 18.1. The van der Waals surface area contributed by atoms with Gasteiger partial charge in [-0.3, -0.25) is 9.79 Å². The number of halogens is 1. The molecule has 1 aromatic heterocycles. The zero-order valence-corrected chi connectivity index (χ0v) is 20.6. The number of fused-ring (bicyclic) bond motifs is 1. The first kappa shape index (κ1) is 24.7. The predicted octanol–water partition coefficient (Wildman–Crippen LogP) is 5.18. The molecule has 0 spiro atoms. The van der Waals surface area contributed by atoms with E-state index in [2.05, 4.69) is 29.1 Å². The summed E-state index contributed by atoms with van der Waals surface area (Å²) >= 11 is 1.65. The fourth-order valence-electron chi connectivity index (χ4n) is 3.62. The van der Waals surface area contributed by atoms with E-state index in [0.717, 1.165) is 55.1 Å². The number of aliphatic imine (C=N–C) groups is 1. The summed E-state index contributed by atoms with van der Waals surface area (Å²) in [6.45, 7) is 7.59. The second-order valence-corrected chi connectivity index (χ2v) is 9.06. The molecule has 2 heterocycles. The summed E-state index contributed by atoms with van der Waals surface area (Å²) in [5.74, 6) is 0.459. The first-order valence-electron chi connectivity index (χ1n) is 10.2. The van der Waals surface area contributed by atoms with Crippen molar-refractivity contribution in [3.05, 3.63) is 16.9 Å². The zero-order valence-electron chi connectivity index (χ0n) is 18.1. The van der Waals surface area contributed by atoms with Crippen molar-refractivity contribution in [3.63, 3.8) is 0 Å². The van der Waals surface area contributed by atoms with Crippen LogP contribution in [0.3, 0.4) is 0 Å². The van der Waals surface area contributed by atoms with E-state index in [9.17, 15) is 4.79 Å². The third kappa shape index (κ3) is 6.20. The van der Waals surface area contributed by atoms with Crippen LogP contribution < -0.4 is 10.1 Å². The maximum absolute atomic E-state index is 11.4. The Bertz CT molecular complexity index is 826. The van der Waals surface area contributed by atoms with Crippen molar-refractivity contribution < 1.29 is 14.3 Å². The number of unbranched alkanes of at least 4 members (excludes halogenated alkanes) is 2. The fraction of sp³-hybridized carbons (Fsp3) is 0.619. The molecule has 0 bridgehead atoms. The van der Waals surface area contributed by atoms with Crippen LogP contribution in [0.1, 0.15) is 59.3 Å². The molecule has 0 saturated heterocycles. The predicted molar refractivity (Wildman–Crippen MR) is 126 cm³/mol. The quantitative estimate of drug-likeness (QED) is 0.300. The van der Waals surface area contributed by atoms with Crippen LogP contribution in [0.4, 0.5) is 5.69 Å². The number of hydrogen-bond donors (Lipinski definition) is 1. The summed E-state index contributed by atoms with van der Waals surface area (Å²) in [7, 11) is 1.62. The first-order chi connectivity index (χ1) is 13.9. The molecule has 0 saturated carbocycles. The lowest BCUT2D eigenvalue weighted by molar-refractivity contribution is -0.143. The second kappa shape index (κ2) is 11.1. The molecule has 0 fully saturated rings. The molecule has 3 rings (SSSR count). The van der Waals surface area contributed by atoms with Crippen LogP contribution in [-0.2, 0) is 9.53 Å². The maximum Gasteiger partial charge on any atom is 0.305 e. The monoisotopic (exact) mass is 498 g/mol. The third-order valence-corrected chi connectivity index (χ3v) is 6.12. The molecular formula is C21H31BrN4O3S. The highest BCUT2D eigenvalue weighted by Gasteiger charge is 2.36. The van der Waals surface area contributed by atoms with Gasteiger partial charge in [0, 0.05) is 18.7 Å². The number of allylic oxidation sites excluding steroid dienone is 2. The molecule has 30 heavy (non-hydrogen) atoms. The number of thioether (sulfide) groups is 1. The Hall–Kier alpha value is -1.61. The number of ether oxygens (including phenoxy) is 2. The average Bonchev–Trinajstić information content (AvgIpc) is 2.68. The highest BCUT2D eigenvalue weighted by molar-refractivity contribution is 8.93. The molecule has 0 unspecified atom stereocenters. The molecule has 1 aliphatic carbocycles. The first-order valence-corrected chi connectivity index (χ1v) is 11.0. The lowest BCUT2D eigenvalue weighted by Crippen LogP contribution is -2.29. The number of esters is 1. The standard InChI is InChI=1S/C21H30N4O3S.BrH/c1-5-28-16(26)9-7-6-8-10-22-14-11-21(2,3)12-15-18(14)29-20-17(25-15)19(27-4)23-13-24-20;/h13,25H,5-12H2,1-4H3;1H. The van der Waals surface area contributed by atoms with Gasteiger partial charge in [0.2, 0.25) is 5.88 Å². The number of nitrogens with one attached hydrogen (secondary N) is 1. The van der Waals surface area contributed by atoms with E-state index in [1.807, 2.05) is 6.92 Å². The van der Waals surface area contributed by atoms with E-state index in [-0.39, 0.29) is 28.4 Å². The minimum atomic E-state index is -0.108. The van der Waals surface area contributed by atoms with Gasteiger partial charge in [0.05, 0.1) is 24.3 Å². The summed E-state index contributed by atoms with van der Waals surface area (Å²) < 4.78 is 10.4. The summed E-state index contributed by atoms with van der Waals surface area (Å²) in [6.07, 6.45) is 6.71. The number of anilines is 1. The number of carbonyl (C=O) groups is 1. The molecule has 7 nitrogen and oxygen atoms in total. The van der Waals surface area contributed by atoms with E-state index in [4.69, 9.17) is 14.5 Å². The molecule has 0 atom stereocenters. The molecular weight excluding hydrogens is 468 g/mol. The van der Waals surface area contributed by atoms with Gasteiger partial charge in [-0.2, -0.15) is 4.98 Å². The second-order valence-electron chi connectivity index (χ2n) is 8.06. The van der Waals surface area contributed by atoms with Crippen molar-refractivity contribution >= 4 is 46.1 Å². The van der Waals surface area contributed by atoms with Crippen LogP contribution in [-0.4, -0.2) is 41.9 Å². The highest BCUT2D eigenvalue weighted by Crippen LogP contribution is 2.49. The van der Waals surface area contributed by atoms with Gasteiger partial charge < -0.3 is 14.8 Å². The van der Waals surface area contributed by atoms with Gasteiger partial charge in [-0.05, 0) is 38.0 Å². The Morgan fingerprint density at radius 2 is 2.07 bits per heavy atom. The zero-order chi connectivity index (χ0) is 20.9. The van der Waals surface area contributed by atoms with Gasteiger partial charge in [-0.25, -0.2) is 4.98 Å². The van der Waals surface area contributed by atoms with Crippen LogP contribution in [0.5, 0.6) is 5.88 Å². The Morgan fingerprint density at radius 1 is 1.27 bits per heavy atom. The Labute approximate surface area is 193 Å². The average molecular weight is 499 g/mol. The smallest absolute Gasteiger partial charge is 0.305 e. The summed E-state index contributed by atoms with van der Waals surface area (Å²) in [5.41, 5.74) is 3.29. The van der Waals surface area contributed by atoms with E-state index in [1.165, 1.54) is 16.9 Å². The van der Waals surface area contributed by atoms with Gasteiger partial charge in [0.1, 0.15) is 17.0 Å². The van der Waals surface area contributed by atoms with Crippen molar-refractivity contribution in [1.82, 2.24) is 9.97 Å². The third-order valence-electron chi connectivity index (χ3n) is 4.93. The minimum Gasteiger partial charge on any atom is -0.479 e. The van der Waals surface area contributed by atoms with Crippen LogP contribution in [0.25, 0.3) is 0 Å². The van der Waals surface area contributed by atoms with Crippen molar-refractivity contribution in [2.45, 2.75) is 64.3 Å². The van der Waals surface area contributed by atoms with Gasteiger partial charge in [0.25, 0.3) is 0 Å². The van der Waals surface area contributed by atoms with Crippen molar-refractivity contribution in [3.8, 4) is 5.88 Å². The molecule has 1 aliphatic heterocycles. The maximum atomic E-state index is 11.4. The lowest BCUT2D eigenvalue weighted by Gasteiger charge is -2.36. The number of hydrogen-bond acceptors (Lipinski definition) is 8. The molecule has 0 aromatic carbocycles. The molecule has 2 aliphatic rings. The fourth-order valence-corrected chi connectivity index (χ4v) is 4.66. The van der Waals surface area contributed by atoms with Gasteiger partial charge in [-0.1, -0.05) is 32.0 Å². The van der Waals surface area contributed by atoms with Gasteiger partial charge in [0.15, 0.2) is 0 Å². The number of rotatable bonds is 8. The van der Waals surface area contributed by atoms with Gasteiger partial charge >= 0.3 is 5.97 Å². The van der Waals surface area contributed by atoms with Crippen molar-refractivity contribution in [2.24, 2.45) is 10.4 Å². The summed E-state index contributed by atoms with van der Waals surface area (Å²) in [4.78, 5) is 26.2. The van der Waals surface area contributed by atoms with Gasteiger partial charge in [-0.15, -0.1) is 17.0 Å². The molecule has 166 valence electrons. The topological polar surface area (TPSA) is 85.7 Å². The lowest BCUT2D eigenvalue weighted by atomic mass is 9.78. The minimum absolute atomic E-state index is 0. The molecule has 1 N–H and O–H groups in total. The molecule has 1 aromatic rings. The molecule has 0 amide bonds. The SMILES string of the molecule is Br.CCOC(=O)CCCCCN=C1CC(C)(C)CC2=C1Sc1ncnc(OC)c1N2. The Balaban J connectivity index is 0.00000320. The number of nitrogens with zero attached hydrogens (tertiary/aromatic N) is 3.